The maximum absolute atomic E-state index is 12.2. The third-order valence-electron chi connectivity index (χ3n) is 6.79. The zero-order chi connectivity index (χ0) is 20.9. The highest BCUT2D eigenvalue weighted by Gasteiger charge is 2.28. The molecule has 0 amide bonds. The Bertz CT molecular complexity index is 1190. The van der Waals surface area contributed by atoms with E-state index in [0.717, 1.165) is 31.4 Å². The highest BCUT2D eigenvalue weighted by atomic mass is 32.2. The van der Waals surface area contributed by atoms with E-state index in [1.807, 2.05) is 0 Å². The van der Waals surface area contributed by atoms with Gasteiger partial charge in [0.25, 0.3) is 0 Å². The summed E-state index contributed by atoms with van der Waals surface area (Å²) in [5, 5.41) is 1.27. The lowest BCUT2D eigenvalue weighted by atomic mass is 9.89. The Kier molecular flexibility index (Phi) is 4.96. The monoisotopic (exact) mass is 423 g/mol. The number of hydrogen-bond donors (Lipinski definition) is 1. The summed E-state index contributed by atoms with van der Waals surface area (Å²) in [6, 6.07) is 13.5. The van der Waals surface area contributed by atoms with Gasteiger partial charge in [0.05, 0.1) is 5.75 Å². The highest BCUT2D eigenvalue weighted by molar-refractivity contribution is 7.89. The largest absolute Gasteiger partial charge is 0.361 e. The number of hydrogen-bond acceptors (Lipinski definition) is 3. The second-order valence-electron chi connectivity index (χ2n) is 8.73. The second-order valence-corrected chi connectivity index (χ2v) is 11.0. The first-order chi connectivity index (χ1) is 14.4. The molecule has 0 spiro atoms. The minimum absolute atomic E-state index is 0.185. The summed E-state index contributed by atoms with van der Waals surface area (Å²) in [4.78, 5) is 5.77. The predicted octanol–water partition coefficient (Wildman–Crippen LogP) is 4.31. The van der Waals surface area contributed by atoms with Crippen LogP contribution in [0.3, 0.4) is 0 Å². The van der Waals surface area contributed by atoms with Gasteiger partial charge in [-0.1, -0.05) is 18.2 Å². The summed E-state index contributed by atoms with van der Waals surface area (Å²) < 4.78 is 26.0. The van der Waals surface area contributed by atoms with Crippen LogP contribution in [-0.4, -0.2) is 48.5 Å². The summed E-state index contributed by atoms with van der Waals surface area (Å²) in [7, 11) is -0.924. The number of benzene rings is 2. The molecule has 30 heavy (non-hydrogen) atoms. The lowest BCUT2D eigenvalue weighted by molar-refractivity contribution is 0.321. The molecule has 2 aromatic carbocycles. The van der Waals surface area contributed by atoms with Crippen LogP contribution in [0.4, 0.5) is 0 Å². The number of aromatic amines is 1. The SMILES string of the molecule is CCS(=O)(=O)N1CCC(c2c[nH]c3ccc(-c4ccc5c(c4)CN(C)C5)cc23)CC1. The number of nitrogens with zero attached hydrogens (tertiary/aromatic N) is 2. The fourth-order valence-corrected chi connectivity index (χ4v) is 6.16. The van der Waals surface area contributed by atoms with Crippen molar-refractivity contribution >= 4 is 20.9 Å². The van der Waals surface area contributed by atoms with Crippen LogP contribution in [0.25, 0.3) is 22.0 Å². The Balaban J connectivity index is 1.43. The van der Waals surface area contributed by atoms with E-state index in [-0.39, 0.29) is 5.75 Å². The van der Waals surface area contributed by atoms with Crippen LogP contribution in [-0.2, 0) is 23.1 Å². The summed E-state index contributed by atoms with van der Waals surface area (Å²) in [6.07, 6.45) is 3.88. The van der Waals surface area contributed by atoms with Crippen molar-refractivity contribution in [1.29, 1.82) is 0 Å². The Labute approximate surface area is 178 Å². The molecule has 2 aliphatic rings. The van der Waals surface area contributed by atoms with E-state index in [9.17, 15) is 8.42 Å². The van der Waals surface area contributed by atoms with E-state index in [4.69, 9.17) is 0 Å². The van der Waals surface area contributed by atoms with Crippen molar-refractivity contribution in [3.63, 3.8) is 0 Å². The summed E-state index contributed by atoms with van der Waals surface area (Å²) in [5.74, 6) is 0.580. The van der Waals surface area contributed by atoms with Gasteiger partial charge in [-0.2, -0.15) is 0 Å². The van der Waals surface area contributed by atoms with Crippen LogP contribution < -0.4 is 0 Å². The standard InChI is InChI=1S/C24H29N3O2S/c1-3-30(28,29)27-10-8-17(9-11-27)23-14-25-24-7-6-19(13-22(23)24)18-4-5-20-15-26(2)16-21(20)12-18/h4-7,12-14,17,25H,3,8-11,15-16H2,1-2H3. The maximum atomic E-state index is 12.2. The number of piperidine rings is 1. The molecule has 3 aromatic rings. The van der Waals surface area contributed by atoms with Gasteiger partial charge in [0.2, 0.25) is 10.0 Å². The molecule has 1 aromatic heterocycles. The predicted molar refractivity (Wildman–Crippen MR) is 122 cm³/mol. The van der Waals surface area contributed by atoms with E-state index < -0.39 is 10.0 Å². The van der Waals surface area contributed by atoms with Gasteiger partial charge in [0.15, 0.2) is 0 Å². The highest BCUT2D eigenvalue weighted by Crippen LogP contribution is 2.36. The molecule has 0 radical (unpaired) electrons. The summed E-state index contributed by atoms with van der Waals surface area (Å²) in [6.45, 7) is 5.00. The van der Waals surface area contributed by atoms with E-state index in [1.54, 1.807) is 11.2 Å². The van der Waals surface area contributed by atoms with Gasteiger partial charge in [-0.25, -0.2) is 12.7 Å². The van der Waals surface area contributed by atoms with Gasteiger partial charge >= 0.3 is 0 Å². The van der Waals surface area contributed by atoms with Crippen LogP contribution >= 0.6 is 0 Å². The van der Waals surface area contributed by atoms with E-state index in [0.29, 0.717) is 19.0 Å². The number of H-pyrrole nitrogens is 1. The van der Waals surface area contributed by atoms with Crippen LogP contribution in [0.15, 0.2) is 42.6 Å². The number of fused-ring (bicyclic) bond motifs is 2. The summed E-state index contributed by atoms with van der Waals surface area (Å²) in [5.41, 5.74) is 7.83. The first-order valence-corrected chi connectivity index (χ1v) is 12.4. The smallest absolute Gasteiger partial charge is 0.213 e. The number of nitrogens with one attached hydrogen (secondary N) is 1. The molecule has 5 nitrogen and oxygen atoms in total. The molecular weight excluding hydrogens is 394 g/mol. The third-order valence-corrected chi connectivity index (χ3v) is 8.67. The number of rotatable bonds is 4. The van der Waals surface area contributed by atoms with Gasteiger partial charge in [0.1, 0.15) is 0 Å². The molecule has 0 saturated carbocycles. The molecule has 0 atom stereocenters. The Hall–Kier alpha value is -2.15. The maximum Gasteiger partial charge on any atom is 0.213 e. The van der Waals surface area contributed by atoms with Crippen molar-refractivity contribution in [3.8, 4) is 11.1 Å². The van der Waals surface area contributed by atoms with Gasteiger partial charge in [-0.15, -0.1) is 0 Å². The lowest BCUT2D eigenvalue weighted by Gasteiger charge is -2.30. The Morgan fingerprint density at radius 1 is 1.00 bits per heavy atom. The number of aromatic nitrogens is 1. The molecular formula is C24H29N3O2S. The zero-order valence-corrected chi connectivity index (χ0v) is 18.5. The molecule has 2 aliphatic heterocycles. The molecule has 1 saturated heterocycles. The van der Waals surface area contributed by atoms with Crippen molar-refractivity contribution in [2.24, 2.45) is 0 Å². The second kappa shape index (κ2) is 7.52. The van der Waals surface area contributed by atoms with Crippen molar-refractivity contribution in [1.82, 2.24) is 14.2 Å². The molecule has 3 heterocycles. The molecule has 6 heteroatoms. The van der Waals surface area contributed by atoms with E-state index >= 15 is 0 Å². The van der Waals surface area contributed by atoms with Crippen molar-refractivity contribution in [2.75, 3.05) is 25.9 Å². The normalized spacial score (nSPS) is 18.9. The molecule has 158 valence electrons. The van der Waals surface area contributed by atoms with Gasteiger partial charge < -0.3 is 4.98 Å². The molecule has 1 N–H and O–H groups in total. The van der Waals surface area contributed by atoms with Crippen LogP contribution in [0.5, 0.6) is 0 Å². The topological polar surface area (TPSA) is 56.4 Å². The molecule has 0 bridgehead atoms. The average molecular weight is 424 g/mol. The lowest BCUT2D eigenvalue weighted by Crippen LogP contribution is -2.38. The number of sulfonamides is 1. The molecule has 1 fully saturated rings. The Morgan fingerprint density at radius 3 is 2.47 bits per heavy atom. The average Bonchev–Trinajstić information content (AvgIpc) is 3.35. The van der Waals surface area contributed by atoms with Crippen LogP contribution in [0.2, 0.25) is 0 Å². The molecule has 0 aliphatic carbocycles. The fourth-order valence-electron chi connectivity index (χ4n) is 5.03. The minimum Gasteiger partial charge on any atom is -0.361 e. The zero-order valence-electron chi connectivity index (χ0n) is 17.7. The van der Waals surface area contributed by atoms with Crippen molar-refractivity contribution in [2.45, 2.75) is 38.8 Å². The van der Waals surface area contributed by atoms with Crippen LogP contribution in [0, 0.1) is 0 Å². The van der Waals surface area contributed by atoms with Gasteiger partial charge in [0, 0.05) is 43.3 Å². The minimum atomic E-state index is -3.09. The fraction of sp³-hybridized carbons (Fsp3) is 0.417. The Morgan fingerprint density at radius 2 is 1.70 bits per heavy atom. The van der Waals surface area contributed by atoms with Gasteiger partial charge in [-0.05, 0) is 78.7 Å². The van der Waals surface area contributed by atoms with Crippen LogP contribution in [0.1, 0.15) is 42.4 Å². The quantitative estimate of drug-likeness (QED) is 0.680. The molecule has 0 unspecified atom stereocenters. The summed E-state index contributed by atoms with van der Waals surface area (Å²) >= 11 is 0. The van der Waals surface area contributed by atoms with E-state index in [2.05, 4.69) is 59.5 Å². The third kappa shape index (κ3) is 3.47. The molecule has 5 rings (SSSR count). The van der Waals surface area contributed by atoms with Crippen molar-refractivity contribution < 1.29 is 8.42 Å². The van der Waals surface area contributed by atoms with Crippen molar-refractivity contribution in [3.05, 3.63) is 59.3 Å². The van der Waals surface area contributed by atoms with Gasteiger partial charge in [-0.3, -0.25) is 4.90 Å². The first-order valence-electron chi connectivity index (χ1n) is 10.8. The first kappa shape index (κ1) is 19.8. The van der Waals surface area contributed by atoms with E-state index in [1.165, 1.54) is 33.2 Å².